The fourth-order valence-corrected chi connectivity index (χ4v) is 4.81. The first-order valence-corrected chi connectivity index (χ1v) is 11.6. The highest BCUT2D eigenvalue weighted by molar-refractivity contribution is 7.89. The van der Waals surface area contributed by atoms with Gasteiger partial charge in [-0.15, -0.1) is 0 Å². The highest BCUT2D eigenvalue weighted by atomic mass is 32.2. The van der Waals surface area contributed by atoms with Crippen molar-refractivity contribution in [2.75, 3.05) is 26.8 Å². The van der Waals surface area contributed by atoms with E-state index in [4.69, 9.17) is 9.47 Å². The van der Waals surface area contributed by atoms with Crippen LogP contribution in [0, 0.1) is 0 Å². The molecular formula is C22H28N2O5S. The molecule has 0 unspecified atom stereocenters. The van der Waals surface area contributed by atoms with Crippen molar-refractivity contribution in [1.29, 1.82) is 0 Å². The van der Waals surface area contributed by atoms with Crippen LogP contribution in [0.2, 0.25) is 0 Å². The van der Waals surface area contributed by atoms with E-state index in [1.807, 2.05) is 25.1 Å². The maximum atomic E-state index is 12.6. The Morgan fingerprint density at radius 2 is 1.77 bits per heavy atom. The van der Waals surface area contributed by atoms with Crippen molar-refractivity contribution in [3.8, 4) is 11.5 Å². The first-order valence-electron chi connectivity index (χ1n) is 10.1. The monoisotopic (exact) mass is 432 g/mol. The molecule has 2 aromatic carbocycles. The van der Waals surface area contributed by atoms with Crippen LogP contribution < -0.4 is 14.8 Å². The number of hydrogen-bond acceptors (Lipinski definition) is 5. The molecule has 1 N–H and O–H groups in total. The van der Waals surface area contributed by atoms with Gasteiger partial charge in [-0.25, -0.2) is 8.42 Å². The van der Waals surface area contributed by atoms with Gasteiger partial charge in [-0.2, -0.15) is 4.31 Å². The number of methoxy groups -OCH3 is 1. The summed E-state index contributed by atoms with van der Waals surface area (Å²) < 4.78 is 37.7. The van der Waals surface area contributed by atoms with Crippen LogP contribution in [0.4, 0.5) is 0 Å². The molecule has 0 aromatic heterocycles. The Morgan fingerprint density at radius 1 is 1.07 bits per heavy atom. The van der Waals surface area contributed by atoms with Gasteiger partial charge in [-0.3, -0.25) is 4.79 Å². The number of amides is 1. The number of benzene rings is 2. The van der Waals surface area contributed by atoms with Crippen molar-refractivity contribution in [3.05, 3.63) is 53.6 Å². The number of carbonyl (C=O) groups is 1. The molecule has 0 radical (unpaired) electrons. The molecule has 1 saturated heterocycles. The average Bonchev–Trinajstić information content (AvgIpc) is 3.32. The second kappa shape index (κ2) is 9.95. The fraction of sp³-hybridized carbons (Fsp3) is 0.409. The van der Waals surface area contributed by atoms with Crippen molar-refractivity contribution in [2.24, 2.45) is 0 Å². The molecule has 7 nitrogen and oxygen atoms in total. The van der Waals surface area contributed by atoms with Gasteiger partial charge in [0.25, 0.3) is 5.91 Å². The molecule has 1 amide bonds. The summed E-state index contributed by atoms with van der Waals surface area (Å²) in [5, 5.41) is 2.85. The van der Waals surface area contributed by atoms with Crippen LogP contribution in [0.3, 0.4) is 0 Å². The smallest absolute Gasteiger partial charge is 0.251 e. The Kier molecular flexibility index (Phi) is 7.33. The van der Waals surface area contributed by atoms with Gasteiger partial charge in [0, 0.05) is 25.2 Å². The van der Waals surface area contributed by atoms with E-state index in [1.54, 1.807) is 19.2 Å². The molecule has 1 fully saturated rings. The van der Waals surface area contributed by atoms with E-state index < -0.39 is 10.0 Å². The van der Waals surface area contributed by atoms with Crippen molar-refractivity contribution in [3.63, 3.8) is 0 Å². The van der Waals surface area contributed by atoms with Gasteiger partial charge < -0.3 is 14.8 Å². The number of nitrogens with zero attached hydrogens (tertiary/aromatic N) is 1. The highest BCUT2D eigenvalue weighted by Gasteiger charge is 2.27. The molecule has 0 atom stereocenters. The first-order chi connectivity index (χ1) is 14.5. The Hall–Kier alpha value is -2.58. The lowest BCUT2D eigenvalue weighted by Gasteiger charge is -2.15. The number of ether oxygens (including phenoxy) is 2. The molecule has 0 spiro atoms. The van der Waals surface area contributed by atoms with E-state index in [-0.39, 0.29) is 10.8 Å². The quantitative estimate of drug-likeness (QED) is 0.658. The van der Waals surface area contributed by atoms with Crippen molar-refractivity contribution < 1.29 is 22.7 Å². The predicted molar refractivity (Wildman–Crippen MR) is 114 cm³/mol. The average molecular weight is 433 g/mol. The van der Waals surface area contributed by atoms with Crippen molar-refractivity contribution in [2.45, 2.75) is 37.6 Å². The van der Waals surface area contributed by atoms with Gasteiger partial charge in [0.05, 0.1) is 18.6 Å². The minimum atomic E-state index is -3.48. The minimum absolute atomic E-state index is 0.216. The van der Waals surface area contributed by atoms with Crippen LogP contribution in [-0.2, 0) is 16.6 Å². The summed E-state index contributed by atoms with van der Waals surface area (Å²) in [6, 6.07) is 11.6. The van der Waals surface area contributed by atoms with Crippen LogP contribution in [0.1, 0.15) is 42.1 Å². The third kappa shape index (κ3) is 5.12. The van der Waals surface area contributed by atoms with Crippen LogP contribution in [0.5, 0.6) is 11.5 Å². The maximum absolute atomic E-state index is 12.6. The zero-order valence-electron chi connectivity index (χ0n) is 17.4. The third-order valence-corrected chi connectivity index (χ3v) is 6.87. The summed E-state index contributed by atoms with van der Waals surface area (Å²) in [6.45, 7) is 4.06. The largest absolute Gasteiger partial charge is 0.493 e. The molecule has 1 aliphatic heterocycles. The van der Waals surface area contributed by atoms with E-state index >= 15 is 0 Å². The second-order valence-corrected chi connectivity index (χ2v) is 9.09. The standard InChI is InChI=1S/C22H28N2O5S/c1-3-14-29-20-11-6-17(15-21(20)28-2)16-23-22(25)18-7-9-19(10-8-18)30(26,27)24-12-4-5-13-24/h6-11,15H,3-5,12-14,16H2,1-2H3,(H,23,25). The van der Waals surface area contributed by atoms with Gasteiger partial charge >= 0.3 is 0 Å². The molecule has 3 rings (SSSR count). The lowest BCUT2D eigenvalue weighted by atomic mass is 10.1. The van der Waals surface area contributed by atoms with Crippen molar-refractivity contribution in [1.82, 2.24) is 9.62 Å². The molecule has 1 heterocycles. The zero-order chi connectivity index (χ0) is 21.6. The summed E-state index contributed by atoms with van der Waals surface area (Å²) in [5.41, 5.74) is 1.28. The summed E-state index contributed by atoms with van der Waals surface area (Å²) in [7, 11) is -1.90. The van der Waals surface area contributed by atoms with Gasteiger partial charge in [0.15, 0.2) is 11.5 Å². The van der Waals surface area contributed by atoms with Crippen LogP contribution >= 0.6 is 0 Å². The number of rotatable bonds is 9. The van der Waals surface area contributed by atoms with Gasteiger partial charge in [0.2, 0.25) is 10.0 Å². The van der Waals surface area contributed by atoms with E-state index in [1.165, 1.54) is 16.4 Å². The fourth-order valence-electron chi connectivity index (χ4n) is 3.29. The number of nitrogens with one attached hydrogen (secondary N) is 1. The summed E-state index contributed by atoms with van der Waals surface area (Å²) in [5.74, 6) is 1.02. The Morgan fingerprint density at radius 3 is 2.40 bits per heavy atom. The zero-order valence-corrected chi connectivity index (χ0v) is 18.2. The number of hydrogen-bond donors (Lipinski definition) is 1. The predicted octanol–water partition coefficient (Wildman–Crippen LogP) is 3.20. The Labute approximate surface area is 178 Å². The summed E-state index contributed by atoms with van der Waals surface area (Å²) in [6.07, 6.45) is 2.67. The minimum Gasteiger partial charge on any atom is -0.493 e. The van der Waals surface area contributed by atoms with Crippen LogP contribution in [0.15, 0.2) is 47.4 Å². The topological polar surface area (TPSA) is 84.9 Å². The van der Waals surface area contributed by atoms with E-state index in [2.05, 4.69) is 5.32 Å². The maximum Gasteiger partial charge on any atom is 0.251 e. The molecule has 0 bridgehead atoms. The molecule has 8 heteroatoms. The summed E-state index contributed by atoms with van der Waals surface area (Å²) in [4.78, 5) is 12.7. The van der Waals surface area contributed by atoms with Crippen molar-refractivity contribution >= 4 is 15.9 Å². The SMILES string of the molecule is CCCOc1ccc(CNC(=O)c2ccc(S(=O)(=O)N3CCCC3)cc2)cc1OC. The lowest BCUT2D eigenvalue weighted by Crippen LogP contribution is -2.28. The molecule has 0 saturated carbocycles. The molecule has 162 valence electrons. The third-order valence-electron chi connectivity index (χ3n) is 4.96. The van der Waals surface area contributed by atoms with Crippen LogP contribution in [-0.4, -0.2) is 45.4 Å². The molecular weight excluding hydrogens is 404 g/mol. The number of sulfonamides is 1. The van der Waals surface area contributed by atoms with E-state index in [9.17, 15) is 13.2 Å². The molecule has 0 aliphatic carbocycles. The molecule has 30 heavy (non-hydrogen) atoms. The van der Waals surface area contributed by atoms with Crippen LogP contribution in [0.25, 0.3) is 0 Å². The summed E-state index contributed by atoms with van der Waals surface area (Å²) >= 11 is 0. The Bertz CT molecular complexity index is 968. The number of carbonyl (C=O) groups excluding carboxylic acids is 1. The van der Waals surface area contributed by atoms with E-state index in [0.29, 0.717) is 43.3 Å². The lowest BCUT2D eigenvalue weighted by molar-refractivity contribution is 0.0950. The van der Waals surface area contributed by atoms with Gasteiger partial charge in [0.1, 0.15) is 0 Å². The highest BCUT2D eigenvalue weighted by Crippen LogP contribution is 2.28. The normalized spacial score (nSPS) is 14.5. The van der Waals surface area contributed by atoms with Gasteiger partial charge in [-0.1, -0.05) is 13.0 Å². The molecule has 1 aliphatic rings. The first kappa shape index (κ1) is 22.1. The van der Waals surface area contributed by atoms with E-state index in [0.717, 1.165) is 24.8 Å². The second-order valence-electron chi connectivity index (χ2n) is 7.15. The van der Waals surface area contributed by atoms with Gasteiger partial charge in [-0.05, 0) is 61.2 Å². The molecule has 2 aromatic rings. The Balaban J connectivity index is 1.62.